The Morgan fingerprint density at radius 2 is 1.63 bits per heavy atom. The number of benzene rings is 3. The van der Waals surface area contributed by atoms with Gasteiger partial charge in [-0.15, -0.1) is 0 Å². The molecule has 5 nitrogen and oxygen atoms in total. The van der Waals surface area contributed by atoms with E-state index in [0.717, 1.165) is 36.5 Å². The third kappa shape index (κ3) is 5.39. The number of hydrogen-bond donors (Lipinski definition) is 0. The first-order valence-corrected chi connectivity index (χ1v) is 12.4. The summed E-state index contributed by atoms with van der Waals surface area (Å²) < 4.78 is 16.8. The molecule has 5 heteroatoms. The number of nitriles is 1. The van der Waals surface area contributed by atoms with Gasteiger partial charge < -0.3 is 14.2 Å². The Bertz CT molecular complexity index is 1250. The number of carbonyl (C=O) groups excluding carboxylic acids is 1. The molecular formula is C30H29NO4. The standard InChI is InChI=1S/C30H29NO4/c1-20-28-16-22(30(32)35-23-10-7-21(18-31)8-11-23)9-13-26(28)27-14-12-24(17-29(20)27)33-15-5-3-2-4-6-25-19-34-25/h7-14,16-17,20,25H,2-6,15,19H2,1H3. The van der Waals surface area contributed by atoms with Crippen molar-refractivity contribution in [2.24, 2.45) is 0 Å². The van der Waals surface area contributed by atoms with Crippen LogP contribution >= 0.6 is 0 Å². The van der Waals surface area contributed by atoms with Crippen molar-refractivity contribution in [3.63, 3.8) is 0 Å². The summed E-state index contributed by atoms with van der Waals surface area (Å²) in [4.78, 5) is 12.7. The molecule has 3 aromatic rings. The summed E-state index contributed by atoms with van der Waals surface area (Å²) >= 11 is 0. The van der Waals surface area contributed by atoms with Crippen LogP contribution < -0.4 is 9.47 Å². The number of nitrogens with zero attached hydrogens (tertiary/aromatic N) is 1. The van der Waals surface area contributed by atoms with E-state index in [1.165, 1.54) is 36.8 Å². The second kappa shape index (κ2) is 10.3. The monoisotopic (exact) mass is 467 g/mol. The van der Waals surface area contributed by atoms with Gasteiger partial charge in [0, 0.05) is 5.92 Å². The van der Waals surface area contributed by atoms with Gasteiger partial charge in [-0.05, 0) is 83.6 Å². The normalized spacial score (nSPS) is 17.3. The molecule has 35 heavy (non-hydrogen) atoms. The highest BCUT2D eigenvalue weighted by Crippen LogP contribution is 2.46. The predicted molar refractivity (Wildman–Crippen MR) is 134 cm³/mol. The summed E-state index contributed by atoms with van der Waals surface area (Å²) in [6.45, 7) is 3.84. The fourth-order valence-corrected chi connectivity index (χ4v) is 4.71. The van der Waals surface area contributed by atoms with Gasteiger partial charge in [-0.2, -0.15) is 5.26 Å². The van der Waals surface area contributed by atoms with Crippen molar-refractivity contribution < 1.29 is 19.0 Å². The zero-order chi connectivity index (χ0) is 24.2. The second-order valence-corrected chi connectivity index (χ2v) is 9.31. The van der Waals surface area contributed by atoms with Gasteiger partial charge in [-0.3, -0.25) is 0 Å². The lowest BCUT2D eigenvalue weighted by atomic mass is 9.98. The molecule has 1 saturated heterocycles. The lowest BCUT2D eigenvalue weighted by Gasteiger charge is -2.11. The number of unbranched alkanes of at least 4 members (excludes halogenated alkanes) is 3. The maximum absolute atomic E-state index is 12.7. The van der Waals surface area contributed by atoms with Gasteiger partial charge in [0.15, 0.2) is 0 Å². The number of carbonyl (C=O) groups is 1. The number of hydrogen-bond acceptors (Lipinski definition) is 5. The molecule has 1 fully saturated rings. The Balaban J connectivity index is 1.19. The topological polar surface area (TPSA) is 71.8 Å². The summed E-state index contributed by atoms with van der Waals surface area (Å²) in [5, 5.41) is 8.92. The van der Waals surface area contributed by atoms with Crippen molar-refractivity contribution >= 4 is 5.97 Å². The minimum absolute atomic E-state index is 0.163. The van der Waals surface area contributed by atoms with Crippen LogP contribution in [0.15, 0.2) is 60.7 Å². The molecule has 1 aliphatic carbocycles. The minimum atomic E-state index is -0.408. The summed E-state index contributed by atoms with van der Waals surface area (Å²) in [5.41, 5.74) is 5.71. The first-order valence-electron chi connectivity index (χ1n) is 12.4. The van der Waals surface area contributed by atoms with E-state index >= 15 is 0 Å². The molecular weight excluding hydrogens is 438 g/mol. The smallest absolute Gasteiger partial charge is 0.343 e. The van der Waals surface area contributed by atoms with Crippen LogP contribution in [0.25, 0.3) is 11.1 Å². The highest BCUT2D eigenvalue weighted by Gasteiger charge is 2.27. The zero-order valence-electron chi connectivity index (χ0n) is 20.0. The Morgan fingerprint density at radius 1 is 0.943 bits per heavy atom. The summed E-state index contributed by atoms with van der Waals surface area (Å²) in [5.74, 6) is 1.07. The molecule has 2 aliphatic rings. The molecule has 0 radical (unpaired) electrons. The minimum Gasteiger partial charge on any atom is -0.494 e. The third-order valence-electron chi connectivity index (χ3n) is 6.82. The van der Waals surface area contributed by atoms with Crippen LogP contribution in [-0.4, -0.2) is 25.3 Å². The van der Waals surface area contributed by atoms with Crippen LogP contribution in [0.5, 0.6) is 11.5 Å². The van der Waals surface area contributed by atoms with Crippen LogP contribution in [0.4, 0.5) is 0 Å². The van der Waals surface area contributed by atoms with Crippen LogP contribution in [0.2, 0.25) is 0 Å². The molecule has 5 rings (SSSR count). The van der Waals surface area contributed by atoms with Gasteiger partial charge >= 0.3 is 5.97 Å². The van der Waals surface area contributed by atoms with E-state index in [2.05, 4.69) is 25.1 Å². The maximum Gasteiger partial charge on any atom is 0.343 e. The molecule has 2 atom stereocenters. The van der Waals surface area contributed by atoms with Gasteiger partial charge in [0.2, 0.25) is 0 Å². The largest absolute Gasteiger partial charge is 0.494 e. The average molecular weight is 468 g/mol. The van der Waals surface area contributed by atoms with Crippen molar-refractivity contribution in [2.75, 3.05) is 13.2 Å². The Morgan fingerprint density at radius 3 is 2.37 bits per heavy atom. The van der Waals surface area contributed by atoms with E-state index in [-0.39, 0.29) is 5.92 Å². The fraction of sp³-hybridized carbons (Fsp3) is 0.333. The molecule has 1 heterocycles. The van der Waals surface area contributed by atoms with Crippen LogP contribution in [0.3, 0.4) is 0 Å². The van der Waals surface area contributed by atoms with Crippen molar-refractivity contribution in [2.45, 2.75) is 51.0 Å². The second-order valence-electron chi connectivity index (χ2n) is 9.31. The van der Waals surface area contributed by atoms with Gasteiger partial charge in [0.1, 0.15) is 11.5 Å². The van der Waals surface area contributed by atoms with Gasteiger partial charge in [0.05, 0.1) is 36.5 Å². The molecule has 0 amide bonds. The van der Waals surface area contributed by atoms with E-state index in [1.54, 1.807) is 24.3 Å². The van der Waals surface area contributed by atoms with Crippen molar-refractivity contribution in [3.8, 4) is 28.7 Å². The first kappa shape index (κ1) is 23.1. The molecule has 178 valence electrons. The molecule has 2 unspecified atom stereocenters. The Labute approximate surface area is 206 Å². The van der Waals surface area contributed by atoms with E-state index < -0.39 is 5.97 Å². The van der Waals surface area contributed by atoms with Gasteiger partial charge in [-0.25, -0.2) is 4.79 Å². The molecule has 1 aliphatic heterocycles. The number of fused-ring (bicyclic) bond motifs is 3. The highest BCUT2D eigenvalue weighted by molar-refractivity contribution is 5.93. The summed E-state index contributed by atoms with van der Waals surface area (Å²) in [7, 11) is 0. The number of esters is 1. The van der Waals surface area contributed by atoms with E-state index in [1.807, 2.05) is 24.3 Å². The van der Waals surface area contributed by atoms with E-state index in [4.69, 9.17) is 19.5 Å². The maximum atomic E-state index is 12.7. The zero-order valence-corrected chi connectivity index (χ0v) is 20.0. The van der Waals surface area contributed by atoms with Crippen LogP contribution in [0.1, 0.15) is 72.0 Å². The van der Waals surface area contributed by atoms with E-state index in [0.29, 0.717) is 23.0 Å². The number of rotatable bonds is 10. The summed E-state index contributed by atoms with van der Waals surface area (Å²) in [6, 6.07) is 20.6. The van der Waals surface area contributed by atoms with Crippen LogP contribution in [0, 0.1) is 11.3 Å². The fourth-order valence-electron chi connectivity index (χ4n) is 4.71. The molecule has 0 bridgehead atoms. The van der Waals surface area contributed by atoms with Crippen molar-refractivity contribution in [1.82, 2.24) is 0 Å². The lowest BCUT2D eigenvalue weighted by molar-refractivity contribution is 0.0734. The highest BCUT2D eigenvalue weighted by atomic mass is 16.6. The third-order valence-corrected chi connectivity index (χ3v) is 6.82. The molecule has 0 N–H and O–H groups in total. The van der Waals surface area contributed by atoms with E-state index in [9.17, 15) is 4.79 Å². The number of epoxide rings is 1. The molecule has 3 aromatic carbocycles. The summed E-state index contributed by atoms with van der Waals surface area (Å²) in [6.07, 6.45) is 6.44. The molecule has 0 saturated carbocycles. The van der Waals surface area contributed by atoms with Crippen LogP contribution in [-0.2, 0) is 4.74 Å². The average Bonchev–Trinajstić information content (AvgIpc) is 3.68. The van der Waals surface area contributed by atoms with Gasteiger partial charge in [-0.1, -0.05) is 38.3 Å². The SMILES string of the molecule is CC1c2cc(OCCCCCCC3CO3)ccc2-c2ccc(C(=O)Oc3ccc(C#N)cc3)cc21. The molecule has 0 aromatic heterocycles. The Kier molecular flexibility index (Phi) is 6.83. The predicted octanol–water partition coefficient (Wildman–Crippen LogP) is 6.64. The molecule has 0 spiro atoms. The Hall–Kier alpha value is -3.62. The number of ether oxygens (including phenoxy) is 3. The van der Waals surface area contributed by atoms with Gasteiger partial charge in [0.25, 0.3) is 0 Å². The van der Waals surface area contributed by atoms with Crippen molar-refractivity contribution in [3.05, 3.63) is 82.9 Å². The van der Waals surface area contributed by atoms with Crippen molar-refractivity contribution in [1.29, 1.82) is 5.26 Å². The lowest BCUT2D eigenvalue weighted by Crippen LogP contribution is -2.09. The quantitative estimate of drug-likeness (QED) is 0.145. The first-order chi connectivity index (χ1) is 17.1.